The van der Waals surface area contributed by atoms with Crippen LogP contribution in [0.2, 0.25) is 0 Å². The molecule has 390 valence electrons. The number of hydrogen-bond donors (Lipinski definition) is 11. The van der Waals surface area contributed by atoms with Crippen LogP contribution < -0.4 is 38.1 Å². The number of benzene rings is 4. The maximum Gasteiger partial charge on any atom is 0.322 e. The van der Waals surface area contributed by atoms with Crippen LogP contribution in [0.1, 0.15) is 55.9 Å². The molecule has 0 saturated carbocycles. The van der Waals surface area contributed by atoms with Crippen molar-refractivity contribution in [3.05, 3.63) is 125 Å². The molecule has 21 nitrogen and oxygen atoms in total. The normalized spacial score (nSPS) is 16.5. The van der Waals surface area contributed by atoms with Gasteiger partial charge in [0.15, 0.2) is 0 Å². The van der Waals surface area contributed by atoms with E-state index in [0.717, 1.165) is 22.3 Å². The van der Waals surface area contributed by atoms with Crippen molar-refractivity contribution in [1.82, 2.24) is 31.5 Å². The van der Waals surface area contributed by atoms with E-state index in [2.05, 4.69) is 26.6 Å². The number of rotatable bonds is 25. The summed E-state index contributed by atoms with van der Waals surface area (Å²) in [5, 5.41) is 51.6. The van der Waals surface area contributed by atoms with E-state index in [-0.39, 0.29) is 44.6 Å². The number of ether oxygens (including phenoxy) is 1. The van der Waals surface area contributed by atoms with E-state index in [1.807, 2.05) is 30.3 Å². The molecule has 0 aromatic heterocycles. The minimum Gasteiger partial charge on any atom is -0.508 e. The van der Waals surface area contributed by atoms with E-state index in [1.165, 1.54) is 37.8 Å². The summed E-state index contributed by atoms with van der Waals surface area (Å²) < 4.78 is 5.85. The quantitative estimate of drug-likeness (QED) is 0.0424. The fraction of sp³-hybridized carbons (Fsp3) is 0.385. The molecule has 1 aliphatic rings. The molecule has 0 spiro atoms. The van der Waals surface area contributed by atoms with E-state index < -0.39 is 108 Å². The number of nitrogens with one attached hydrogen (secondary N) is 5. The standard InChI is InChI=1S/C52H64N8O13/c1-29(46(65)59-45(50(69)55-27-43(63)64)31(3)73-28-35-8-5-4-6-9-35)56-49(68)42-10-7-23-60(42)51(70)44(30(2)61)58-48(67)41(26-34-15-21-38(62)22-16-34)57-47(66)39(53)24-32-11-17-36(18-12-32)37-19-13-33(14-20-37)25-40(54)52(71)72/h4-6,8-9,11-22,29-31,39-42,44-45,61-62H,7,10,23-28,53-54H2,1-3H3,(H,55,69)(H,56,68)(H,57,66)(H,58,67)(H,59,65)(H,63,64)(H,71,72)/t29-,30+,31+,39-,40-,41-,42-,44-,45-/m0/s1. The third kappa shape index (κ3) is 16.7. The van der Waals surface area contributed by atoms with Crippen molar-refractivity contribution in [2.24, 2.45) is 11.5 Å². The predicted octanol–water partition coefficient (Wildman–Crippen LogP) is 0.263. The first-order valence-electron chi connectivity index (χ1n) is 23.8. The lowest BCUT2D eigenvalue weighted by molar-refractivity contribution is -0.144. The van der Waals surface area contributed by atoms with E-state index in [9.17, 15) is 48.6 Å². The summed E-state index contributed by atoms with van der Waals surface area (Å²) in [7, 11) is 0. The van der Waals surface area contributed by atoms with Gasteiger partial charge < -0.3 is 68.1 Å². The maximum atomic E-state index is 14.2. The van der Waals surface area contributed by atoms with Gasteiger partial charge in [0, 0.05) is 13.0 Å². The molecule has 1 fully saturated rings. The number of nitrogens with zero attached hydrogens (tertiary/aromatic N) is 1. The Hall–Kier alpha value is -7.72. The van der Waals surface area contributed by atoms with Crippen LogP contribution in [0.3, 0.4) is 0 Å². The highest BCUT2D eigenvalue weighted by molar-refractivity contribution is 5.97. The highest BCUT2D eigenvalue weighted by Gasteiger charge is 2.41. The Labute approximate surface area is 422 Å². The molecule has 4 aromatic carbocycles. The maximum absolute atomic E-state index is 14.2. The fourth-order valence-corrected chi connectivity index (χ4v) is 8.05. The SMILES string of the molecule is C[C@H](NC(=O)[C@@H]1CCCN1C(=O)[C@@H](NC(=O)[C@H](Cc1ccc(O)cc1)NC(=O)[C@@H](N)Cc1ccc(-c2ccc(C[C@H](N)C(=O)O)cc2)cc1)[C@@H](C)O)C(=O)N[C@H](C(=O)NCC(=O)O)[C@@H](C)OCc1ccccc1. The van der Waals surface area contributed by atoms with E-state index in [0.29, 0.717) is 17.5 Å². The van der Waals surface area contributed by atoms with Gasteiger partial charge in [-0.05, 0) is 92.0 Å². The second-order valence-electron chi connectivity index (χ2n) is 18.0. The van der Waals surface area contributed by atoms with Crippen molar-refractivity contribution < 1.29 is 63.5 Å². The summed E-state index contributed by atoms with van der Waals surface area (Å²) in [5.41, 5.74) is 16.5. The average molecular weight is 1010 g/mol. The van der Waals surface area contributed by atoms with Crippen LogP contribution in [-0.4, -0.2) is 140 Å². The number of carbonyl (C=O) groups is 8. The summed E-state index contributed by atoms with van der Waals surface area (Å²) in [6.45, 7) is 3.55. The Balaban J connectivity index is 1.23. The molecule has 4 aromatic rings. The smallest absolute Gasteiger partial charge is 0.322 e. The number of phenolic OH excluding ortho intramolecular Hbond substituents is 1. The molecule has 1 saturated heterocycles. The number of carboxylic acid groups (broad SMARTS) is 2. The van der Waals surface area contributed by atoms with Gasteiger partial charge in [-0.1, -0.05) is 91.0 Å². The third-order valence-corrected chi connectivity index (χ3v) is 12.3. The average Bonchev–Trinajstić information content (AvgIpc) is 3.87. The van der Waals surface area contributed by atoms with Gasteiger partial charge in [0.1, 0.15) is 48.5 Å². The van der Waals surface area contributed by atoms with Crippen LogP contribution >= 0.6 is 0 Å². The Morgan fingerprint density at radius 1 is 0.644 bits per heavy atom. The monoisotopic (exact) mass is 1010 g/mol. The number of aliphatic carboxylic acids is 2. The molecule has 0 radical (unpaired) electrons. The molecule has 9 atom stereocenters. The summed E-state index contributed by atoms with van der Waals surface area (Å²) in [5.74, 6) is -7.21. The van der Waals surface area contributed by atoms with Gasteiger partial charge in [0.25, 0.3) is 0 Å². The van der Waals surface area contributed by atoms with Crippen molar-refractivity contribution in [1.29, 1.82) is 0 Å². The lowest BCUT2D eigenvalue weighted by Gasteiger charge is -2.31. The second kappa shape index (κ2) is 26.6. The number of aliphatic hydroxyl groups is 1. The van der Waals surface area contributed by atoms with E-state index >= 15 is 0 Å². The topological polar surface area (TPSA) is 342 Å². The predicted molar refractivity (Wildman–Crippen MR) is 266 cm³/mol. The van der Waals surface area contributed by atoms with Crippen LogP contribution in [0.15, 0.2) is 103 Å². The number of carboxylic acids is 2. The van der Waals surface area contributed by atoms with E-state index in [1.54, 1.807) is 60.7 Å². The molecule has 1 heterocycles. The second-order valence-corrected chi connectivity index (χ2v) is 18.0. The minimum atomic E-state index is -1.60. The zero-order valence-corrected chi connectivity index (χ0v) is 40.7. The lowest BCUT2D eigenvalue weighted by atomic mass is 9.98. The van der Waals surface area contributed by atoms with Crippen molar-refractivity contribution in [2.45, 2.75) is 114 Å². The molecular weight excluding hydrogens is 945 g/mol. The molecule has 6 amide bonds. The fourth-order valence-electron chi connectivity index (χ4n) is 8.05. The molecule has 21 heteroatoms. The molecule has 13 N–H and O–H groups in total. The van der Waals surface area contributed by atoms with Crippen LogP contribution in [0.25, 0.3) is 11.1 Å². The van der Waals surface area contributed by atoms with Gasteiger partial charge in [-0.25, -0.2) is 0 Å². The number of nitrogens with two attached hydrogens (primary N) is 2. The highest BCUT2D eigenvalue weighted by Crippen LogP contribution is 2.23. The van der Waals surface area contributed by atoms with Gasteiger partial charge in [0.2, 0.25) is 35.4 Å². The van der Waals surface area contributed by atoms with Gasteiger partial charge in [-0.3, -0.25) is 38.4 Å². The molecule has 73 heavy (non-hydrogen) atoms. The van der Waals surface area contributed by atoms with Gasteiger partial charge in [0.05, 0.1) is 24.9 Å². The first-order chi connectivity index (χ1) is 34.7. The Morgan fingerprint density at radius 2 is 1.19 bits per heavy atom. The summed E-state index contributed by atoms with van der Waals surface area (Å²) in [6, 6.07) is 20.6. The Bertz CT molecular complexity index is 2550. The van der Waals surface area contributed by atoms with Gasteiger partial charge >= 0.3 is 11.9 Å². The van der Waals surface area contributed by atoms with Crippen LogP contribution in [-0.2, 0) is 69.0 Å². The zero-order chi connectivity index (χ0) is 53.4. The van der Waals surface area contributed by atoms with Gasteiger partial charge in [-0.2, -0.15) is 0 Å². The highest BCUT2D eigenvalue weighted by atomic mass is 16.5. The minimum absolute atomic E-state index is 0.0402. The molecule has 1 aliphatic heterocycles. The van der Waals surface area contributed by atoms with Crippen molar-refractivity contribution in [3.8, 4) is 16.9 Å². The zero-order valence-electron chi connectivity index (χ0n) is 40.7. The molecule has 0 bridgehead atoms. The number of aliphatic hydroxyl groups excluding tert-OH is 1. The summed E-state index contributed by atoms with van der Waals surface area (Å²) >= 11 is 0. The number of amides is 6. The number of hydrogen-bond acceptors (Lipinski definition) is 13. The number of likely N-dealkylation sites (tertiary alicyclic amines) is 1. The third-order valence-electron chi connectivity index (χ3n) is 12.3. The Kier molecular flexibility index (Phi) is 20.5. The van der Waals surface area contributed by atoms with Crippen LogP contribution in [0, 0.1) is 0 Å². The lowest BCUT2D eigenvalue weighted by Crippen LogP contribution is -2.61. The summed E-state index contributed by atoms with van der Waals surface area (Å²) in [4.78, 5) is 106. The summed E-state index contributed by atoms with van der Waals surface area (Å²) in [6.07, 6.45) is -1.80. The van der Waals surface area contributed by atoms with Crippen molar-refractivity contribution >= 4 is 47.4 Å². The molecule has 5 rings (SSSR count). The largest absolute Gasteiger partial charge is 0.508 e. The molecule has 0 unspecified atom stereocenters. The molecular formula is C52H64N8O13. The van der Waals surface area contributed by atoms with Gasteiger partial charge in [-0.15, -0.1) is 0 Å². The van der Waals surface area contributed by atoms with Crippen molar-refractivity contribution in [2.75, 3.05) is 13.1 Å². The number of carbonyl (C=O) groups excluding carboxylic acids is 6. The van der Waals surface area contributed by atoms with Crippen LogP contribution in [0.4, 0.5) is 0 Å². The first-order valence-corrected chi connectivity index (χ1v) is 23.8. The number of phenols is 1. The molecule has 0 aliphatic carbocycles. The number of aromatic hydroxyl groups is 1. The van der Waals surface area contributed by atoms with Crippen molar-refractivity contribution in [3.63, 3.8) is 0 Å². The van der Waals surface area contributed by atoms with Crippen LogP contribution in [0.5, 0.6) is 5.75 Å². The van der Waals surface area contributed by atoms with E-state index in [4.69, 9.17) is 26.4 Å². The first kappa shape index (κ1) is 56.2. The Morgan fingerprint density at radius 3 is 1.75 bits per heavy atom.